The molecule has 1 aromatic rings. The molecule has 1 aromatic carbocycles. The summed E-state index contributed by atoms with van der Waals surface area (Å²) in [6.07, 6.45) is -2.06. The SMILES string of the molecule is CCOC(=O)OC(C)ON=[N+]([O-])N(C)[C@@H](Cc1ccccc1)C(=O)O. The van der Waals surface area contributed by atoms with Crippen molar-refractivity contribution in [1.29, 1.82) is 0 Å². The number of carbonyl (C=O) groups is 2. The Hall–Kier alpha value is -3.04. The summed E-state index contributed by atoms with van der Waals surface area (Å²) < 4.78 is 9.19. The second-order valence-corrected chi connectivity index (χ2v) is 4.93. The second-order valence-electron chi connectivity index (χ2n) is 4.93. The van der Waals surface area contributed by atoms with E-state index < -0.39 is 24.5 Å². The summed E-state index contributed by atoms with van der Waals surface area (Å²) in [7, 11) is 1.26. The van der Waals surface area contributed by atoms with Crippen LogP contribution >= 0.6 is 0 Å². The van der Waals surface area contributed by atoms with Gasteiger partial charge in [0.15, 0.2) is 6.04 Å². The lowest BCUT2D eigenvalue weighted by Gasteiger charge is -2.20. The monoisotopic (exact) mass is 355 g/mol. The van der Waals surface area contributed by atoms with Crippen LogP contribution in [0.15, 0.2) is 35.6 Å². The number of hydrogen-bond acceptors (Lipinski definition) is 7. The number of hydrogen-bond donors (Lipinski definition) is 1. The van der Waals surface area contributed by atoms with Crippen LogP contribution in [0.1, 0.15) is 19.4 Å². The van der Waals surface area contributed by atoms with Gasteiger partial charge in [-0.25, -0.2) is 9.59 Å². The lowest BCUT2D eigenvalue weighted by Crippen LogP contribution is -2.44. The maximum Gasteiger partial charge on any atom is 0.511 e. The number of rotatable bonds is 9. The Bertz CT molecular complexity index is 594. The number of carbonyl (C=O) groups excluding carboxylic acids is 1. The molecule has 10 nitrogen and oxygen atoms in total. The number of likely N-dealkylation sites (N-methyl/N-ethyl adjacent to an activating group) is 1. The number of carboxylic acids is 1. The van der Waals surface area contributed by atoms with E-state index in [1.54, 1.807) is 37.3 Å². The van der Waals surface area contributed by atoms with Gasteiger partial charge < -0.3 is 19.8 Å². The lowest BCUT2D eigenvalue weighted by atomic mass is 10.1. The first kappa shape index (κ1) is 20.0. The molecular weight excluding hydrogens is 334 g/mol. The van der Waals surface area contributed by atoms with E-state index in [-0.39, 0.29) is 18.0 Å². The molecule has 0 radical (unpaired) electrons. The summed E-state index contributed by atoms with van der Waals surface area (Å²) in [6, 6.07) is 7.69. The van der Waals surface area contributed by atoms with Crippen LogP contribution in [0.4, 0.5) is 4.79 Å². The first-order valence-corrected chi connectivity index (χ1v) is 7.52. The van der Waals surface area contributed by atoms with Gasteiger partial charge in [0.1, 0.15) is 0 Å². The zero-order valence-electron chi connectivity index (χ0n) is 14.2. The third kappa shape index (κ3) is 6.94. The normalized spacial score (nSPS) is 13.5. The Kier molecular flexibility index (Phi) is 7.97. The number of carboxylic acid groups (broad SMARTS) is 1. The topological polar surface area (TPSA) is 124 Å². The lowest BCUT2D eigenvalue weighted by molar-refractivity contribution is -0.712. The van der Waals surface area contributed by atoms with Crippen LogP contribution in [0.5, 0.6) is 0 Å². The first-order valence-electron chi connectivity index (χ1n) is 7.52. The molecule has 1 rings (SSSR count). The van der Waals surface area contributed by atoms with E-state index in [0.29, 0.717) is 0 Å². The number of aliphatic carboxylic acids is 1. The van der Waals surface area contributed by atoms with Gasteiger partial charge in [0.25, 0.3) is 6.29 Å². The van der Waals surface area contributed by atoms with Crippen LogP contribution in [0.2, 0.25) is 0 Å². The van der Waals surface area contributed by atoms with Crippen molar-refractivity contribution >= 4 is 12.1 Å². The van der Waals surface area contributed by atoms with Gasteiger partial charge in [-0.3, -0.25) is 4.84 Å². The predicted molar refractivity (Wildman–Crippen MR) is 84.0 cm³/mol. The highest BCUT2D eigenvalue weighted by atomic mass is 16.8. The van der Waals surface area contributed by atoms with E-state index in [1.165, 1.54) is 14.0 Å². The molecule has 10 heteroatoms. The molecule has 0 aliphatic heterocycles. The molecule has 0 aliphatic rings. The number of nitrogens with zero attached hydrogens (tertiary/aromatic N) is 3. The Morgan fingerprint density at radius 3 is 2.56 bits per heavy atom. The number of ether oxygens (including phenoxy) is 2. The molecule has 1 unspecified atom stereocenters. The van der Waals surface area contributed by atoms with E-state index in [2.05, 4.69) is 14.8 Å². The molecule has 0 saturated heterocycles. The van der Waals surface area contributed by atoms with Crippen LogP contribution in [-0.4, -0.2) is 53.2 Å². The van der Waals surface area contributed by atoms with Crippen molar-refractivity contribution < 1.29 is 34.0 Å². The minimum Gasteiger partial charge on any atom is -0.569 e. The minimum atomic E-state index is -1.20. The van der Waals surface area contributed by atoms with Crippen molar-refractivity contribution in [1.82, 2.24) is 5.01 Å². The van der Waals surface area contributed by atoms with Gasteiger partial charge in [0.05, 0.1) is 18.6 Å². The van der Waals surface area contributed by atoms with Gasteiger partial charge in [-0.1, -0.05) is 30.3 Å². The average molecular weight is 355 g/mol. The van der Waals surface area contributed by atoms with Gasteiger partial charge in [-0.15, -0.1) is 5.01 Å². The van der Waals surface area contributed by atoms with Gasteiger partial charge in [-0.05, 0) is 12.5 Å². The third-order valence-corrected chi connectivity index (χ3v) is 3.07. The Morgan fingerprint density at radius 1 is 1.36 bits per heavy atom. The summed E-state index contributed by atoms with van der Waals surface area (Å²) in [6.45, 7) is 3.05. The van der Waals surface area contributed by atoms with Gasteiger partial charge in [0.2, 0.25) is 5.28 Å². The molecule has 0 fully saturated rings. The zero-order valence-corrected chi connectivity index (χ0v) is 14.2. The van der Waals surface area contributed by atoms with Crippen LogP contribution < -0.4 is 0 Å². The van der Waals surface area contributed by atoms with Crippen molar-refractivity contribution in [3.8, 4) is 0 Å². The van der Waals surface area contributed by atoms with Crippen molar-refractivity contribution in [3.05, 3.63) is 41.1 Å². The molecule has 0 amide bonds. The Morgan fingerprint density at radius 2 is 2.00 bits per heavy atom. The summed E-state index contributed by atoms with van der Waals surface area (Å²) >= 11 is 0. The Labute approximate surface area is 144 Å². The fourth-order valence-electron chi connectivity index (χ4n) is 1.81. The van der Waals surface area contributed by atoms with E-state index >= 15 is 0 Å². The molecule has 2 atom stereocenters. The van der Waals surface area contributed by atoms with Gasteiger partial charge in [0, 0.05) is 13.3 Å². The smallest absolute Gasteiger partial charge is 0.511 e. The molecule has 0 heterocycles. The quantitative estimate of drug-likeness (QED) is 0.234. The van der Waals surface area contributed by atoms with Gasteiger partial charge >= 0.3 is 12.1 Å². The highest BCUT2D eigenvalue weighted by Gasteiger charge is 2.29. The van der Waals surface area contributed by atoms with Crippen LogP contribution in [0, 0.1) is 5.21 Å². The molecule has 138 valence electrons. The number of hydrazine groups is 1. The fourth-order valence-corrected chi connectivity index (χ4v) is 1.81. The molecule has 0 bridgehead atoms. The van der Waals surface area contributed by atoms with Crippen molar-refractivity contribution in [2.75, 3.05) is 13.7 Å². The molecule has 0 aromatic heterocycles. The van der Waals surface area contributed by atoms with Crippen LogP contribution in [-0.2, 0) is 25.5 Å². The van der Waals surface area contributed by atoms with Crippen LogP contribution in [0.25, 0.3) is 0 Å². The average Bonchev–Trinajstić information content (AvgIpc) is 2.57. The maximum absolute atomic E-state index is 11.9. The van der Waals surface area contributed by atoms with E-state index in [4.69, 9.17) is 4.84 Å². The van der Waals surface area contributed by atoms with E-state index in [0.717, 1.165) is 10.6 Å². The molecule has 1 N–H and O–H groups in total. The molecule has 25 heavy (non-hydrogen) atoms. The first-order chi connectivity index (χ1) is 11.8. The summed E-state index contributed by atoms with van der Waals surface area (Å²) in [5.41, 5.74) is 0.745. The molecule has 0 spiro atoms. The largest absolute Gasteiger partial charge is 0.569 e. The molecular formula is C15H21N3O7. The highest BCUT2D eigenvalue weighted by Crippen LogP contribution is 2.09. The fraction of sp³-hybridized carbons (Fsp3) is 0.467. The highest BCUT2D eigenvalue weighted by molar-refractivity contribution is 5.73. The minimum absolute atomic E-state index is 0.0211. The van der Waals surface area contributed by atoms with Gasteiger partial charge in [-0.2, -0.15) is 0 Å². The molecule has 0 aliphatic carbocycles. The summed E-state index contributed by atoms with van der Waals surface area (Å²) in [4.78, 5) is 27.2. The van der Waals surface area contributed by atoms with E-state index in [1.807, 2.05) is 0 Å². The predicted octanol–water partition coefficient (Wildman–Crippen LogP) is 1.94. The number of benzene rings is 1. The summed E-state index contributed by atoms with van der Waals surface area (Å²) in [5, 5.41) is 25.3. The second kappa shape index (κ2) is 9.96. The summed E-state index contributed by atoms with van der Waals surface area (Å²) in [5.74, 6) is -1.20. The maximum atomic E-state index is 11.9. The van der Waals surface area contributed by atoms with Crippen molar-refractivity contribution in [2.45, 2.75) is 32.6 Å². The Balaban J connectivity index is 2.68. The van der Waals surface area contributed by atoms with Crippen molar-refractivity contribution in [3.63, 3.8) is 0 Å². The van der Waals surface area contributed by atoms with Crippen LogP contribution in [0.3, 0.4) is 0 Å². The van der Waals surface area contributed by atoms with Crippen molar-refractivity contribution in [2.24, 2.45) is 5.28 Å². The molecule has 0 saturated carbocycles. The zero-order chi connectivity index (χ0) is 18.8. The standard InChI is InChI=1S/C15H21N3O7/c1-4-23-15(21)24-11(2)25-16-18(22)17(3)13(14(19)20)10-12-8-6-5-7-9-12/h5-9,11,13H,4,10H2,1-3H3,(H,19,20)/t11?,13-/m0/s1. The third-order valence-electron chi connectivity index (χ3n) is 3.07. The van der Waals surface area contributed by atoms with E-state index in [9.17, 15) is 19.9 Å².